The molecule has 0 aliphatic carbocycles. The van der Waals surface area contributed by atoms with E-state index in [0.717, 1.165) is 15.7 Å². The fraction of sp³-hybridized carbons (Fsp3) is 0.214. The zero-order valence-corrected chi connectivity index (χ0v) is 12.5. The Morgan fingerprint density at radius 2 is 2.11 bits per heavy atom. The highest BCUT2D eigenvalue weighted by atomic mass is 79.9. The molecule has 0 aliphatic heterocycles. The van der Waals surface area contributed by atoms with E-state index in [-0.39, 0.29) is 5.92 Å². The summed E-state index contributed by atoms with van der Waals surface area (Å²) >= 11 is 9.37. The average Bonchev–Trinajstić information content (AvgIpc) is 2.44. The summed E-state index contributed by atoms with van der Waals surface area (Å²) < 4.78 is 0.798. The van der Waals surface area contributed by atoms with Gasteiger partial charge in [0.25, 0.3) is 0 Å². The van der Waals surface area contributed by atoms with Crippen molar-refractivity contribution in [3.8, 4) is 0 Å². The molecule has 1 aromatic heterocycles. The molecule has 3 N–H and O–H groups in total. The topological polar surface area (TPSA) is 59.1 Å². The molecule has 2 rings (SSSR count). The summed E-state index contributed by atoms with van der Waals surface area (Å²) in [5, 5.41) is 11.0. The molecule has 0 saturated carbocycles. The van der Waals surface area contributed by atoms with Crippen LogP contribution in [-0.4, -0.2) is 16.6 Å². The van der Waals surface area contributed by atoms with E-state index in [1.54, 1.807) is 12.3 Å². The number of aliphatic hydroxyl groups excluding tert-OH is 1. The van der Waals surface area contributed by atoms with Gasteiger partial charge in [-0.25, -0.2) is 0 Å². The molecule has 1 heterocycles. The fourth-order valence-electron chi connectivity index (χ4n) is 1.94. The number of hydrogen-bond donors (Lipinski definition) is 2. The van der Waals surface area contributed by atoms with Crippen LogP contribution in [0.3, 0.4) is 0 Å². The van der Waals surface area contributed by atoms with Crippen molar-refractivity contribution in [2.75, 3.05) is 6.54 Å². The molecule has 0 saturated heterocycles. The maximum atomic E-state index is 10.5. The second-order valence-corrected chi connectivity index (χ2v) is 5.48. The van der Waals surface area contributed by atoms with Crippen LogP contribution in [0.1, 0.15) is 23.3 Å². The van der Waals surface area contributed by atoms with Crippen molar-refractivity contribution in [3.63, 3.8) is 0 Å². The Kier molecular flexibility index (Phi) is 4.93. The lowest BCUT2D eigenvalue weighted by molar-refractivity contribution is 0.145. The highest BCUT2D eigenvalue weighted by Gasteiger charge is 2.22. The minimum atomic E-state index is -0.731. The van der Waals surface area contributed by atoms with Crippen molar-refractivity contribution in [2.45, 2.75) is 12.0 Å². The Morgan fingerprint density at radius 3 is 2.68 bits per heavy atom. The van der Waals surface area contributed by atoms with E-state index in [4.69, 9.17) is 17.3 Å². The molecular weight excluding hydrogens is 328 g/mol. The number of rotatable bonds is 4. The van der Waals surface area contributed by atoms with E-state index in [0.29, 0.717) is 11.6 Å². The lowest BCUT2D eigenvalue weighted by atomic mass is 9.92. The van der Waals surface area contributed by atoms with Gasteiger partial charge in [-0.05, 0) is 45.8 Å². The molecule has 5 heteroatoms. The van der Waals surface area contributed by atoms with Crippen molar-refractivity contribution in [3.05, 3.63) is 63.3 Å². The third-order valence-corrected chi connectivity index (χ3v) is 4.22. The normalized spacial score (nSPS) is 14.1. The van der Waals surface area contributed by atoms with Gasteiger partial charge in [-0.3, -0.25) is 4.98 Å². The zero-order valence-electron chi connectivity index (χ0n) is 10.1. The summed E-state index contributed by atoms with van der Waals surface area (Å²) in [4.78, 5) is 4.25. The number of halogens is 2. The van der Waals surface area contributed by atoms with Crippen LogP contribution in [0.4, 0.5) is 0 Å². The number of pyridine rings is 1. The Morgan fingerprint density at radius 1 is 1.32 bits per heavy atom. The molecule has 2 atom stereocenters. The molecule has 0 aliphatic rings. The highest BCUT2D eigenvalue weighted by Crippen LogP contribution is 2.32. The van der Waals surface area contributed by atoms with Gasteiger partial charge in [0.15, 0.2) is 0 Å². The second kappa shape index (κ2) is 6.48. The van der Waals surface area contributed by atoms with Crippen LogP contribution in [0.25, 0.3) is 0 Å². The van der Waals surface area contributed by atoms with E-state index in [1.807, 2.05) is 30.3 Å². The monoisotopic (exact) mass is 340 g/mol. The molecule has 0 fully saturated rings. The van der Waals surface area contributed by atoms with Gasteiger partial charge < -0.3 is 10.8 Å². The lowest BCUT2D eigenvalue weighted by Gasteiger charge is -2.21. The standard InChI is InChI=1S/C14H14BrClN2O/c15-11-5-4-9(7-12(11)16)14(19)10(8-17)13-3-1-2-6-18-13/h1-7,10,14,19H,8,17H2. The van der Waals surface area contributed by atoms with Crippen LogP contribution in [0.2, 0.25) is 5.02 Å². The van der Waals surface area contributed by atoms with Gasteiger partial charge in [0.1, 0.15) is 0 Å². The summed E-state index contributed by atoms with van der Waals surface area (Å²) in [6.07, 6.45) is 0.963. The molecule has 2 aromatic rings. The van der Waals surface area contributed by atoms with E-state index in [9.17, 15) is 5.11 Å². The van der Waals surface area contributed by atoms with Gasteiger partial charge in [0.2, 0.25) is 0 Å². The third kappa shape index (κ3) is 3.34. The number of aromatic nitrogens is 1. The average molecular weight is 342 g/mol. The first-order valence-corrected chi connectivity index (χ1v) is 7.04. The Balaban J connectivity index is 2.30. The van der Waals surface area contributed by atoms with Gasteiger partial charge in [0, 0.05) is 28.8 Å². The van der Waals surface area contributed by atoms with Crippen LogP contribution in [0, 0.1) is 0 Å². The number of aliphatic hydroxyl groups is 1. The number of hydrogen-bond acceptors (Lipinski definition) is 3. The van der Waals surface area contributed by atoms with Crippen LogP contribution in [-0.2, 0) is 0 Å². The SMILES string of the molecule is NCC(c1ccccn1)C(O)c1ccc(Br)c(Cl)c1. The fourth-order valence-corrected chi connectivity index (χ4v) is 2.37. The van der Waals surface area contributed by atoms with Gasteiger partial charge >= 0.3 is 0 Å². The van der Waals surface area contributed by atoms with E-state index in [1.165, 1.54) is 0 Å². The smallest absolute Gasteiger partial charge is 0.0886 e. The summed E-state index contributed by atoms with van der Waals surface area (Å²) in [6.45, 7) is 0.311. The molecule has 100 valence electrons. The first-order valence-electron chi connectivity index (χ1n) is 5.87. The van der Waals surface area contributed by atoms with Gasteiger partial charge in [0.05, 0.1) is 11.1 Å². The van der Waals surface area contributed by atoms with Crippen molar-refractivity contribution in [2.24, 2.45) is 5.73 Å². The van der Waals surface area contributed by atoms with Crippen LogP contribution < -0.4 is 5.73 Å². The van der Waals surface area contributed by atoms with Crippen molar-refractivity contribution in [1.82, 2.24) is 4.98 Å². The zero-order chi connectivity index (χ0) is 13.8. The van der Waals surface area contributed by atoms with Crippen LogP contribution in [0.15, 0.2) is 47.1 Å². The Labute approximate surface area is 125 Å². The molecule has 1 aromatic carbocycles. The lowest BCUT2D eigenvalue weighted by Crippen LogP contribution is -2.21. The van der Waals surface area contributed by atoms with Crippen molar-refractivity contribution in [1.29, 1.82) is 0 Å². The Bertz CT molecular complexity index is 550. The maximum Gasteiger partial charge on any atom is 0.0886 e. The quantitative estimate of drug-likeness (QED) is 0.897. The first-order chi connectivity index (χ1) is 9.13. The Hall–Kier alpha value is -0.940. The molecule has 0 amide bonds. The molecule has 3 nitrogen and oxygen atoms in total. The molecule has 19 heavy (non-hydrogen) atoms. The molecule has 0 radical (unpaired) electrons. The molecular formula is C14H14BrClN2O. The first kappa shape index (κ1) is 14.5. The summed E-state index contributed by atoms with van der Waals surface area (Å²) in [5.41, 5.74) is 7.27. The second-order valence-electron chi connectivity index (χ2n) is 4.22. The van der Waals surface area contributed by atoms with E-state index < -0.39 is 6.10 Å². The summed E-state index contributed by atoms with van der Waals surface area (Å²) in [6, 6.07) is 11.0. The summed E-state index contributed by atoms with van der Waals surface area (Å²) in [7, 11) is 0. The van der Waals surface area contributed by atoms with Crippen LogP contribution >= 0.6 is 27.5 Å². The number of benzene rings is 1. The molecule has 0 spiro atoms. The van der Waals surface area contributed by atoms with Crippen molar-refractivity contribution < 1.29 is 5.11 Å². The minimum Gasteiger partial charge on any atom is -0.388 e. The third-order valence-electron chi connectivity index (χ3n) is 2.99. The predicted octanol–water partition coefficient (Wildman–Crippen LogP) is 3.27. The van der Waals surface area contributed by atoms with Crippen molar-refractivity contribution >= 4 is 27.5 Å². The minimum absolute atomic E-state index is 0.251. The predicted molar refractivity (Wildman–Crippen MR) is 80.1 cm³/mol. The van der Waals surface area contributed by atoms with E-state index >= 15 is 0 Å². The molecule has 2 unspecified atom stereocenters. The van der Waals surface area contributed by atoms with Gasteiger partial charge in [-0.15, -0.1) is 0 Å². The van der Waals surface area contributed by atoms with Crippen LogP contribution in [0.5, 0.6) is 0 Å². The number of nitrogens with zero attached hydrogens (tertiary/aromatic N) is 1. The van der Waals surface area contributed by atoms with E-state index in [2.05, 4.69) is 20.9 Å². The largest absolute Gasteiger partial charge is 0.388 e. The maximum absolute atomic E-state index is 10.5. The van der Waals surface area contributed by atoms with Gasteiger partial charge in [-0.1, -0.05) is 23.7 Å². The summed E-state index contributed by atoms with van der Waals surface area (Å²) in [5.74, 6) is -0.251. The van der Waals surface area contributed by atoms with Gasteiger partial charge in [-0.2, -0.15) is 0 Å². The molecule has 0 bridgehead atoms. The highest BCUT2D eigenvalue weighted by molar-refractivity contribution is 9.10. The number of nitrogens with two attached hydrogens (primary N) is 1.